The van der Waals surface area contributed by atoms with Crippen molar-refractivity contribution >= 4 is 34.4 Å². The molecule has 27 heavy (non-hydrogen) atoms. The zero-order chi connectivity index (χ0) is 19.4. The van der Waals surface area contributed by atoms with Crippen molar-refractivity contribution in [2.24, 2.45) is 5.92 Å². The van der Waals surface area contributed by atoms with Crippen LogP contribution in [-0.4, -0.2) is 40.6 Å². The Morgan fingerprint density at radius 1 is 1.19 bits per heavy atom. The van der Waals surface area contributed by atoms with Gasteiger partial charge in [-0.3, -0.25) is 4.79 Å². The number of rotatable bonds is 6. The molecule has 5 heteroatoms. The van der Waals surface area contributed by atoms with E-state index in [-0.39, 0.29) is 23.2 Å². The SMILES string of the molecule is CCCCOC(=O)C1CSC(C(C)C)N1C(=O)c1cccc2ccccc12. The molecule has 0 spiro atoms. The summed E-state index contributed by atoms with van der Waals surface area (Å²) in [7, 11) is 0. The third-order valence-electron chi connectivity index (χ3n) is 4.87. The lowest BCUT2D eigenvalue weighted by Gasteiger charge is -2.31. The minimum atomic E-state index is -0.522. The van der Waals surface area contributed by atoms with Gasteiger partial charge in [-0.1, -0.05) is 63.6 Å². The van der Waals surface area contributed by atoms with Crippen LogP contribution in [-0.2, 0) is 9.53 Å². The third kappa shape index (κ3) is 4.13. The number of fused-ring (bicyclic) bond motifs is 1. The second-order valence-corrected chi connectivity index (χ2v) is 8.39. The smallest absolute Gasteiger partial charge is 0.329 e. The van der Waals surface area contributed by atoms with Crippen LogP contribution in [0.4, 0.5) is 0 Å². The van der Waals surface area contributed by atoms with E-state index in [4.69, 9.17) is 4.74 Å². The molecule has 0 N–H and O–H groups in total. The standard InChI is InChI=1S/C22H27NO3S/c1-4-5-13-26-22(25)19-14-27-21(15(2)3)23(19)20(24)18-12-8-10-16-9-6-7-11-17(16)18/h6-12,15,19,21H,4-5,13-14H2,1-3H3. The summed E-state index contributed by atoms with van der Waals surface area (Å²) in [6, 6.07) is 13.1. The lowest BCUT2D eigenvalue weighted by molar-refractivity contribution is -0.148. The molecular weight excluding hydrogens is 358 g/mol. The quantitative estimate of drug-likeness (QED) is 0.533. The van der Waals surface area contributed by atoms with Crippen molar-refractivity contribution in [1.29, 1.82) is 0 Å². The normalized spacial score (nSPS) is 19.6. The van der Waals surface area contributed by atoms with Gasteiger partial charge in [0.2, 0.25) is 0 Å². The van der Waals surface area contributed by atoms with Gasteiger partial charge in [0.05, 0.1) is 12.0 Å². The van der Waals surface area contributed by atoms with Crippen LogP contribution < -0.4 is 0 Å². The van der Waals surface area contributed by atoms with Crippen LogP contribution in [0.1, 0.15) is 44.0 Å². The number of carbonyl (C=O) groups excluding carboxylic acids is 2. The van der Waals surface area contributed by atoms with Crippen molar-refractivity contribution in [3.05, 3.63) is 48.0 Å². The molecule has 1 amide bonds. The Morgan fingerprint density at radius 2 is 1.93 bits per heavy atom. The minimum Gasteiger partial charge on any atom is -0.464 e. The second-order valence-electron chi connectivity index (χ2n) is 7.24. The molecule has 1 saturated heterocycles. The summed E-state index contributed by atoms with van der Waals surface area (Å²) < 4.78 is 5.45. The number of carbonyl (C=O) groups is 2. The lowest BCUT2D eigenvalue weighted by atomic mass is 10.0. The molecule has 1 aliphatic heterocycles. The number of nitrogens with zero attached hydrogens (tertiary/aromatic N) is 1. The highest BCUT2D eigenvalue weighted by atomic mass is 32.2. The first-order valence-corrected chi connectivity index (χ1v) is 10.7. The molecule has 4 nitrogen and oxygen atoms in total. The molecule has 0 saturated carbocycles. The Kier molecular flexibility index (Phi) is 6.42. The van der Waals surface area contributed by atoms with Crippen molar-refractivity contribution < 1.29 is 14.3 Å². The number of amides is 1. The van der Waals surface area contributed by atoms with Gasteiger partial charge in [0.1, 0.15) is 6.04 Å². The lowest BCUT2D eigenvalue weighted by Crippen LogP contribution is -2.47. The largest absolute Gasteiger partial charge is 0.464 e. The fourth-order valence-corrected chi connectivity index (χ4v) is 4.91. The molecule has 3 rings (SSSR count). The first-order chi connectivity index (χ1) is 13.0. The molecule has 1 heterocycles. The van der Waals surface area contributed by atoms with Crippen molar-refractivity contribution in [2.45, 2.75) is 45.0 Å². The van der Waals surface area contributed by atoms with Crippen LogP contribution in [0.15, 0.2) is 42.5 Å². The summed E-state index contributed by atoms with van der Waals surface area (Å²) in [5.41, 5.74) is 0.646. The molecule has 2 aromatic carbocycles. The molecule has 0 radical (unpaired) electrons. The summed E-state index contributed by atoms with van der Waals surface area (Å²) in [6.45, 7) is 6.65. The van der Waals surface area contributed by atoms with Gasteiger partial charge in [-0.2, -0.15) is 0 Å². The van der Waals surface area contributed by atoms with Crippen molar-refractivity contribution in [3.8, 4) is 0 Å². The van der Waals surface area contributed by atoms with Gasteiger partial charge < -0.3 is 9.64 Å². The van der Waals surface area contributed by atoms with Crippen LogP contribution in [0.3, 0.4) is 0 Å². The van der Waals surface area contributed by atoms with Gasteiger partial charge in [-0.25, -0.2) is 4.79 Å². The summed E-state index contributed by atoms with van der Waals surface area (Å²) in [5, 5.41) is 1.92. The Bertz CT molecular complexity index is 815. The number of thioether (sulfide) groups is 1. The van der Waals surface area contributed by atoms with E-state index in [0.29, 0.717) is 17.9 Å². The van der Waals surface area contributed by atoms with Crippen molar-refractivity contribution in [2.75, 3.05) is 12.4 Å². The monoisotopic (exact) mass is 385 g/mol. The number of unbranched alkanes of at least 4 members (excludes halogenated alkanes) is 1. The van der Waals surface area contributed by atoms with E-state index < -0.39 is 6.04 Å². The molecule has 2 unspecified atom stereocenters. The van der Waals surface area contributed by atoms with Crippen LogP contribution >= 0.6 is 11.8 Å². The van der Waals surface area contributed by atoms with Crippen LogP contribution in [0.5, 0.6) is 0 Å². The Balaban J connectivity index is 1.93. The maximum absolute atomic E-state index is 13.5. The fraction of sp³-hybridized carbons (Fsp3) is 0.455. The van der Waals surface area contributed by atoms with E-state index in [0.717, 1.165) is 23.6 Å². The Morgan fingerprint density at radius 3 is 2.67 bits per heavy atom. The van der Waals surface area contributed by atoms with E-state index in [1.807, 2.05) is 42.5 Å². The molecule has 0 aromatic heterocycles. The predicted octanol–water partition coefficient (Wildman–Crippen LogP) is 4.72. The van der Waals surface area contributed by atoms with E-state index >= 15 is 0 Å². The average molecular weight is 386 g/mol. The van der Waals surface area contributed by atoms with E-state index in [1.54, 1.807) is 16.7 Å². The average Bonchev–Trinajstić information content (AvgIpc) is 3.12. The molecule has 1 fully saturated rings. The molecule has 0 aliphatic carbocycles. The maximum atomic E-state index is 13.5. The maximum Gasteiger partial charge on any atom is 0.329 e. The molecular formula is C22H27NO3S. The summed E-state index contributed by atoms with van der Waals surface area (Å²) >= 11 is 1.67. The van der Waals surface area contributed by atoms with Gasteiger partial charge in [0, 0.05) is 11.3 Å². The van der Waals surface area contributed by atoms with Crippen molar-refractivity contribution in [3.63, 3.8) is 0 Å². The highest BCUT2D eigenvalue weighted by molar-refractivity contribution is 8.00. The van der Waals surface area contributed by atoms with E-state index in [9.17, 15) is 9.59 Å². The van der Waals surface area contributed by atoms with Crippen molar-refractivity contribution in [1.82, 2.24) is 4.90 Å². The molecule has 2 atom stereocenters. The molecule has 0 bridgehead atoms. The first-order valence-electron chi connectivity index (χ1n) is 9.63. The van der Waals surface area contributed by atoms with Crippen LogP contribution in [0.2, 0.25) is 0 Å². The Labute approximate surface area is 165 Å². The fourth-order valence-electron chi connectivity index (χ4n) is 3.44. The molecule has 1 aliphatic rings. The predicted molar refractivity (Wildman–Crippen MR) is 111 cm³/mol. The zero-order valence-electron chi connectivity index (χ0n) is 16.2. The van der Waals surface area contributed by atoms with Gasteiger partial charge in [0.25, 0.3) is 5.91 Å². The van der Waals surface area contributed by atoms with Crippen LogP contribution in [0.25, 0.3) is 10.8 Å². The highest BCUT2D eigenvalue weighted by Crippen LogP contribution is 2.36. The van der Waals surface area contributed by atoms with Gasteiger partial charge in [-0.05, 0) is 29.2 Å². The second kappa shape index (κ2) is 8.79. The third-order valence-corrected chi connectivity index (χ3v) is 6.50. The zero-order valence-corrected chi connectivity index (χ0v) is 17.0. The summed E-state index contributed by atoms with van der Waals surface area (Å²) in [5.74, 6) is 0.465. The number of hydrogen-bond acceptors (Lipinski definition) is 4. The number of hydrogen-bond donors (Lipinski definition) is 0. The minimum absolute atomic E-state index is 0.0276. The van der Waals surface area contributed by atoms with E-state index in [1.165, 1.54) is 0 Å². The van der Waals surface area contributed by atoms with Gasteiger partial charge in [0.15, 0.2) is 0 Å². The van der Waals surface area contributed by atoms with Gasteiger partial charge >= 0.3 is 5.97 Å². The van der Waals surface area contributed by atoms with Gasteiger partial charge in [-0.15, -0.1) is 11.8 Å². The Hall–Kier alpha value is -2.01. The number of ether oxygens (including phenoxy) is 1. The van der Waals surface area contributed by atoms with Crippen LogP contribution in [0, 0.1) is 5.92 Å². The van der Waals surface area contributed by atoms with E-state index in [2.05, 4.69) is 20.8 Å². The first kappa shape index (κ1) is 19.7. The summed E-state index contributed by atoms with van der Waals surface area (Å²) in [4.78, 5) is 27.9. The number of esters is 1. The topological polar surface area (TPSA) is 46.6 Å². The molecule has 144 valence electrons. The molecule has 2 aromatic rings. The number of benzene rings is 2. The highest BCUT2D eigenvalue weighted by Gasteiger charge is 2.44. The summed E-state index contributed by atoms with van der Waals surface area (Å²) in [6.07, 6.45) is 1.82.